The van der Waals surface area contributed by atoms with Crippen LogP contribution in [0.5, 0.6) is 11.5 Å². The predicted octanol–water partition coefficient (Wildman–Crippen LogP) is 4.90. The highest BCUT2D eigenvalue weighted by atomic mass is 35.5. The van der Waals surface area contributed by atoms with Gasteiger partial charge >= 0.3 is 5.97 Å². The molecule has 0 bridgehead atoms. The third-order valence-corrected chi connectivity index (χ3v) is 4.12. The minimum atomic E-state index is -0.783. The van der Waals surface area contributed by atoms with Crippen molar-refractivity contribution in [3.8, 4) is 11.5 Å². The first-order valence-electron chi connectivity index (χ1n) is 8.30. The second-order valence-electron chi connectivity index (χ2n) is 6.00. The number of aryl methyl sites for hydroxylation is 2. The van der Waals surface area contributed by atoms with Gasteiger partial charge in [-0.15, -0.1) is 0 Å². The summed E-state index contributed by atoms with van der Waals surface area (Å²) in [5, 5.41) is 9.45. The highest BCUT2D eigenvalue weighted by Crippen LogP contribution is 2.20. The number of carboxylic acid groups (broad SMARTS) is 1. The van der Waals surface area contributed by atoms with Gasteiger partial charge in [0.15, 0.2) is 0 Å². The summed E-state index contributed by atoms with van der Waals surface area (Å²) in [6.07, 6.45) is 1.45. The van der Waals surface area contributed by atoms with E-state index in [1.54, 1.807) is 12.1 Å². The van der Waals surface area contributed by atoms with Gasteiger partial charge in [-0.1, -0.05) is 17.7 Å². The zero-order valence-corrected chi connectivity index (χ0v) is 15.3. The van der Waals surface area contributed by atoms with Gasteiger partial charge in [-0.05, 0) is 67.8 Å². The fourth-order valence-electron chi connectivity index (χ4n) is 2.43. The van der Waals surface area contributed by atoms with Crippen LogP contribution in [0.4, 0.5) is 0 Å². The zero-order chi connectivity index (χ0) is 18.2. The molecular formula is C20H23ClO4. The van der Waals surface area contributed by atoms with E-state index >= 15 is 0 Å². The number of benzene rings is 2. The topological polar surface area (TPSA) is 55.8 Å². The molecule has 0 saturated carbocycles. The SMILES string of the molecule is Cc1cc(OCCC(C)Oc2ccc(Cl)cc2)ccc1CCC(=O)O. The van der Waals surface area contributed by atoms with E-state index in [4.69, 9.17) is 26.2 Å². The molecule has 0 saturated heterocycles. The molecular weight excluding hydrogens is 340 g/mol. The lowest BCUT2D eigenvalue weighted by atomic mass is 10.0. The Kier molecular flexibility index (Phi) is 7.14. The summed E-state index contributed by atoms with van der Waals surface area (Å²) in [5.41, 5.74) is 2.08. The van der Waals surface area contributed by atoms with E-state index in [9.17, 15) is 4.79 Å². The smallest absolute Gasteiger partial charge is 0.303 e. The highest BCUT2D eigenvalue weighted by molar-refractivity contribution is 6.30. The van der Waals surface area contributed by atoms with E-state index in [1.807, 2.05) is 44.2 Å². The first kappa shape index (κ1) is 19.1. The first-order chi connectivity index (χ1) is 11.9. The summed E-state index contributed by atoms with van der Waals surface area (Å²) in [6, 6.07) is 13.1. The Morgan fingerprint density at radius 3 is 2.48 bits per heavy atom. The minimum absolute atomic E-state index is 0.0251. The summed E-state index contributed by atoms with van der Waals surface area (Å²) in [7, 11) is 0. The summed E-state index contributed by atoms with van der Waals surface area (Å²) >= 11 is 5.85. The Hall–Kier alpha value is -2.20. The summed E-state index contributed by atoms with van der Waals surface area (Å²) in [6.45, 7) is 4.51. The molecule has 2 aromatic rings. The van der Waals surface area contributed by atoms with Crippen LogP contribution in [0.3, 0.4) is 0 Å². The predicted molar refractivity (Wildman–Crippen MR) is 98.8 cm³/mol. The van der Waals surface area contributed by atoms with Crippen molar-refractivity contribution in [1.29, 1.82) is 0 Å². The van der Waals surface area contributed by atoms with Crippen LogP contribution in [-0.2, 0) is 11.2 Å². The molecule has 4 nitrogen and oxygen atoms in total. The molecule has 0 aromatic heterocycles. The van der Waals surface area contributed by atoms with Crippen LogP contribution >= 0.6 is 11.6 Å². The maximum Gasteiger partial charge on any atom is 0.303 e. The fraction of sp³-hybridized carbons (Fsp3) is 0.350. The second kappa shape index (κ2) is 9.33. The molecule has 134 valence electrons. The number of carboxylic acids is 1. The van der Waals surface area contributed by atoms with Crippen molar-refractivity contribution in [1.82, 2.24) is 0 Å². The molecule has 0 fully saturated rings. The average Bonchev–Trinajstić information content (AvgIpc) is 2.56. The quantitative estimate of drug-likeness (QED) is 0.689. The standard InChI is InChI=1S/C20H23ClO4/c1-14-13-19(7-3-16(14)4-10-20(22)23)24-12-11-15(2)25-18-8-5-17(21)6-9-18/h3,5-9,13,15H,4,10-12H2,1-2H3,(H,22,23). The number of rotatable bonds is 9. The van der Waals surface area contributed by atoms with Gasteiger partial charge in [0.25, 0.3) is 0 Å². The number of hydrogen-bond acceptors (Lipinski definition) is 3. The van der Waals surface area contributed by atoms with Crippen LogP contribution in [0.15, 0.2) is 42.5 Å². The molecule has 0 aliphatic rings. The first-order valence-corrected chi connectivity index (χ1v) is 8.68. The molecule has 0 aliphatic carbocycles. The molecule has 2 aromatic carbocycles. The molecule has 1 unspecified atom stereocenters. The maximum atomic E-state index is 10.7. The lowest BCUT2D eigenvalue weighted by Gasteiger charge is -2.15. The van der Waals surface area contributed by atoms with Crippen LogP contribution in [0.25, 0.3) is 0 Å². The highest BCUT2D eigenvalue weighted by Gasteiger charge is 2.07. The summed E-state index contributed by atoms with van der Waals surface area (Å²) < 4.78 is 11.6. The van der Waals surface area contributed by atoms with Gasteiger partial charge in [0, 0.05) is 17.9 Å². The van der Waals surface area contributed by atoms with Crippen molar-refractivity contribution in [3.63, 3.8) is 0 Å². The van der Waals surface area contributed by atoms with Gasteiger partial charge in [0.05, 0.1) is 12.7 Å². The minimum Gasteiger partial charge on any atom is -0.493 e. The van der Waals surface area contributed by atoms with Gasteiger partial charge in [-0.2, -0.15) is 0 Å². The maximum absolute atomic E-state index is 10.7. The molecule has 2 rings (SSSR count). The number of halogens is 1. The molecule has 5 heteroatoms. The lowest BCUT2D eigenvalue weighted by Crippen LogP contribution is -2.15. The van der Waals surface area contributed by atoms with Crippen LogP contribution in [0.2, 0.25) is 5.02 Å². The largest absolute Gasteiger partial charge is 0.493 e. The van der Waals surface area contributed by atoms with Crippen molar-refractivity contribution < 1.29 is 19.4 Å². The fourth-order valence-corrected chi connectivity index (χ4v) is 2.55. The van der Waals surface area contributed by atoms with Gasteiger partial charge < -0.3 is 14.6 Å². The van der Waals surface area contributed by atoms with Crippen molar-refractivity contribution in [2.75, 3.05) is 6.61 Å². The zero-order valence-electron chi connectivity index (χ0n) is 14.5. The molecule has 1 N–H and O–H groups in total. The normalized spacial score (nSPS) is 11.8. The van der Waals surface area contributed by atoms with Crippen molar-refractivity contribution in [3.05, 3.63) is 58.6 Å². The second-order valence-corrected chi connectivity index (χ2v) is 6.44. The molecule has 0 aliphatic heterocycles. The Bertz CT molecular complexity index is 697. The monoisotopic (exact) mass is 362 g/mol. The van der Waals surface area contributed by atoms with E-state index in [0.29, 0.717) is 18.1 Å². The van der Waals surface area contributed by atoms with Crippen LogP contribution < -0.4 is 9.47 Å². The van der Waals surface area contributed by atoms with E-state index in [1.165, 1.54) is 0 Å². The van der Waals surface area contributed by atoms with Gasteiger partial charge in [0.1, 0.15) is 11.5 Å². The average molecular weight is 363 g/mol. The van der Waals surface area contributed by atoms with Crippen LogP contribution in [-0.4, -0.2) is 23.8 Å². The lowest BCUT2D eigenvalue weighted by molar-refractivity contribution is -0.136. The van der Waals surface area contributed by atoms with Gasteiger partial charge in [0.2, 0.25) is 0 Å². The van der Waals surface area contributed by atoms with Crippen LogP contribution in [0.1, 0.15) is 30.9 Å². The molecule has 0 spiro atoms. The Labute approximate surface area is 153 Å². The van der Waals surface area contributed by atoms with Crippen LogP contribution in [0, 0.1) is 6.92 Å². The Balaban J connectivity index is 1.77. The molecule has 1 atom stereocenters. The van der Waals surface area contributed by atoms with E-state index < -0.39 is 5.97 Å². The molecule has 0 amide bonds. The van der Waals surface area contributed by atoms with Crippen molar-refractivity contribution in [2.45, 2.75) is 39.2 Å². The Morgan fingerprint density at radius 2 is 1.84 bits per heavy atom. The number of hydrogen-bond donors (Lipinski definition) is 1. The molecule has 25 heavy (non-hydrogen) atoms. The van der Waals surface area contributed by atoms with Gasteiger partial charge in [-0.3, -0.25) is 4.79 Å². The third-order valence-electron chi connectivity index (χ3n) is 3.87. The third kappa shape index (κ3) is 6.67. The Morgan fingerprint density at radius 1 is 1.16 bits per heavy atom. The van der Waals surface area contributed by atoms with E-state index in [2.05, 4.69) is 0 Å². The molecule has 0 heterocycles. The van der Waals surface area contributed by atoms with Crippen molar-refractivity contribution >= 4 is 17.6 Å². The van der Waals surface area contributed by atoms with Gasteiger partial charge in [-0.25, -0.2) is 0 Å². The number of carbonyl (C=O) groups is 1. The summed E-state index contributed by atoms with van der Waals surface area (Å²) in [5.74, 6) is 0.792. The summed E-state index contributed by atoms with van der Waals surface area (Å²) in [4.78, 5) is 10.7. The molecule has 0 radical (unpaired) electrons. The van der Waals surface area contributed by atoms with E-state index in [0.717, 1.165) is 29.0 Å². The van der Waals surface area contributed by atoms with Crippen molar-refractivity contribution in [2.24, 2.45) is 0 Å². The van der Waals surface area contributed by atoms with E-state index in [-0.39, 0.29) is 12.5 Å². The number of aliphatic carboxylic acids is 1. The number of ether oxygens (including phenoxy) is 2.